The van der Waals surface area contributed by atoms with Crippen LogP contribution < -0.4 is 5.32 Å². The zero-order valence-corrected chi connectivity index (χ0v) is 22.0. The van der Waals surface area contributed by atoms with Gasteiger partial charge in [0.2, 0.25) is 5.91 Å². The minimum Gasteiger partial charge on any atom is -0.350 e. The number of hydrogen-bond acceptors (Lipinski definition) is 5. The molecule has 3 heterocycles. The number of hydrogen-bond donors (Lipinski definition) is 1. The zero-order chi connectivity index (χ0) is 21.6. The van der Waals surface area contributed by atoms with Gasteiger partial charge >= 0.3 is 0 Å². The average Bonchev–Trinajstić information content (AvgIpc) is 3.52. The van der Waals surface area contributed by atoms with Crippen molar-refractivity contribution in [3.8, 4) is 11.3 Å². The number of halogens is 1. The molecule has 1 aromatic carbocycles. The largest absolute Gasteiger partial charge is 0.350 e. The number of rotatable bonds is 5. The fraction of sp³-hybridized carbons (Fsp3) is 0.522. The lowest BCUT2D eigenvalue weighted by Gasteiger charge is -2.39. The van der Waals surface area contributed by atoms with Crippen LogP contribution in [0.5, 0.6) is 0 Å². The van der Waals surface area contributed by atoms with Gasteiger partial charge in [0.25, 0.3) is 0 Å². The second kappa shape index (κ2) is 11.9. The van der Waals surface area contributed by atoms with Crippen LogP contribution in [0.15, 0.2) is 40.7 Å². The second-order valence-electron chi connectivity index (χ2n) is 8.12. The summed E-state index contributed by atoms with van der Waals surface area (Å²) in [4.78, 5) is 28.5. The molecule has 2 aliphatic heterocycles. The van der Waals surface area contributed by atoms with Crippen LogP contribution >= 0.6 is 35.3 Å². The van der Waals surface area contributed by atoms with E-state index in [1.54, 1.807) is 11.3 Å². The molecule has 1 amide bonds. The molecule has 0 radical (unpaired) electrons. The van der Waals surface area contributed by atoms with Crippen molar-refractivity contribution in [3.05, 3.63) is 40.7 Å². The number of carbonyl (C=O) groups is 1. The molecule has 7 nitrogen and oxygen atoms in total. The third-order valence-electron chi connectivity index (χ3n) is 6.17. The van der Waals surface area contributed by atoms with Crippen molar-refractivity contribution >= 4 is 47.2 Å². The third-order valence-corrected chi connectivity index (χ3v) is 7.02. The molecule has 2 aromatic rings. The summed E-state index contributed by atoms with van der Waals surface area (Å²) in [6.07, 6.45) is 2.28. The Morgan fingerprint density at radius 1 is 1.09 bits per heavy atom. The summed E-state index contributed by atoms with van der Waals surface area (Å²) < 4.78 is 0. The highest BCUT2D eigenvalue weighted by Gasteiger charge is 2.30. The molecule has 32 heavy (non-hydrogen) atoms. The van der Waals surface area contributed by atoms with Crippen LogP contribution in [0.4, 0.5) is 0 Å². The lowest BCUT2D eigenvalue weighted by atomic mass is 10.2. The van der Waals surface area contributed by atoms with Crippen molar-refractivity contribution in [2.45, 2.75) is 32.4 Å². The summed E-state index contributed by atoms with van der Waals surface area (Å²) in [5, 5.41) is 6.61. The number of piperazine rings is 1. The summed E-state index contributed by atoms with van der Waals surface area (Å²) in [6, 6.07) is 10.2. The predicted octanol–water partition coefficient (Wildman–Crippen LogP) is 3.13. The molecule has 2 saturated heterocycles. The fourth-order valence-corrected chi connectivity index (χ4v) is 5.04. The summed E-state index contributed by atoms with van der Waals surface area (Å²) in [6.45, 7) is 8.03. The number of nitrogens with zero attached hydrogens (tertiary/aromatic N) is 5. The Kier molecular flexibility index (Phi) is 9.30. The Morgan fingerprint density at radius 3 is 2.44 bits per heavy atom. The number of amides is 1. The molecule has 174 valence electrons. The Labute approximate surface area is 211 Å². The maximum absolute atomic E-state index is 12.7. The van der Waals surface area contributed by atoms with Gasteiger partial charge in [0.15, 0.2) is 5.96 Å². The number of thiazole rings is 1. The van der Waals surface area contributed by atoms with Gasteiger partial charge in [-0.25, -0.2) is 4.98 Å². The second-order valence-corrected chi connectivity index (χ2v) is 9.07. The molecule has 4 rings (SSSR count). The van der Waals surface area contributed by atoms with Gasteiger partial charge in [-0.3, -0.25) is 14.7 Å². The number of aliphatic imine (C=N–C) groups is 1. The topological polar surface area (TPSA) is 64.1 Å². The number of benzene rings is 1. The van der Waals surface area contributed by atoms with Gasteiger partial charge in [-0.1, -0.05) is 30.3 Å². The summed E-state index contributed by atoms with van der Waals surface area (Å²) >= 11 is 1.67. The van der Waals surface area contributed by atoms with E-state index < -0.39 is 0 Å². The fourth-order valence-electron chi connectivity index (χ4n) is 4.30. The maximum Gasteiger partial charge on any atom is 0.239 e. The molecule has 9 heteroatoms. The lowest BCUT2D eigenvalue weighted by Crippen LogP contribution is -2.57. The molecule has 2 fully saturated rings. The molecule has 2 aliphatic rings. The van der Waals surface area contributed by atoms with Crippen LogP contribution in [-0.2, 0) is 11.3 Å². The SMILES string of the molecule is CN=C(NCc1nc(-c2ccccc2)cs1)N1CCN(C(C)C(=O)N2CCCC2)CC1.I. The van der Waals surface area contributed by atoms with E-state index in [1.165, 1.54) is 0 Å². The van der Waals surface area contributed by atoms with Crippen LogP contribution in [0, 0.1) is 0 Å². The molecule has 0 aliphatic carbocycles. The first-order valence-electron chi connectivity index (χ1n) is 11.1. The first kappa shape index (κ1) is 24.9. The monoisotopic (exact) mass is 568 g/mol. The highest BCUT2D eigenvalue weighted by atomic mass is 127. The van der Waals surface area contributed by atoms with E-state index in [0.29, 0.717) is 6.54 Å². The van der Waals surface area contributed by atoms with Crippen molar-refractivity contribution in [3.63, 3.8) is 0 Å². The van der Waals surface area contributed by atoms with E-state index >= 15 is 0 Å². The molecule has 1 atom stereocenters. The minimum absolute atomic E-state index is 0. The van der Waals surface area contributed by atoms with Gasteiger partial charge in [0.05, 0.1) is 18.3 Å². The summed E-state index contributed by atoms with van der Waals surface area (Å²) in [5.41, 5.74) is 2.16. The quantitative estimate of drug-likeness (QED) is 0.341. The van der Waals surface area contributed by atoms with E-state index in [-0.39, 0.29) is 35.9 Å². The highest BCUT2D eigenvalue weighted by Crippen LogP contribution is 2.21. The molecule has 1 unspecified atom stereocenters. The normalized spacial score (nSPS) is 18.4. The Balaban J connectivity index is 0.00000289. The Morgan fingerprint density at radius 2 is 1.78 bits per heavy atom. The van der Waals surface area contributed by atoms with Crippen molar-refractivity contribution in [1.82, 2.24) is 25.0 Å². The van der Waals surface area contributed by atoms with E-state index in [1.807, 2.05) is 30.1 Å². The molecular formula is C23H33IN6OS. The first-order valence-corrected chi connectivity index (χ1v) is 12.0. The average molecular weight is 569 g/mol. The minimum atomic E-state index is -0.0399. The van der Waals surface area contributed by atoms with Crippen molar-refractivity contribution in [2.75, 3.05) is 46.3 Å². The standard InChI is InChI=1S/C23H32N6OS.HI/c1-18(22(30)28-10-6-7-11-28)27-12-14-29(15-13-27)23(24-2)25-16-21-26-20(17-31-21)19-8-4-3-5-9-19;/h3-5,8-9,17-18H,6-7,10-16H2,1-2H3,(H,24,25);1H. The Bertz CT molecular complexity index is 891. The van der Waals surface area contributed by atoms with Crippen LogP contribution in [0.25, 0.3) is 11.3 Å². The van der Waals surface area contributed by atoms with Gasteiger partial charge in [-0.2, -0.15) is 0 Å². The zero-order valence-electron chi connectivity index (χ0n) is 18.9. The molecule has 0 bridgehead atoms. The van der Waals surface area contributed by atoms with Crippen molar-refractivity contribution in [2.24, 2.45) is 4.99 Å². The van der Waals surface area contributed by atoms with E-state index in [9.17, 15) is 4.79 Å². The van der Waals surface area contributed by atoms with E-state index in [2.05, 4.69) is 44.5 Å². The van der Waals surface area contributed by atoms with Gasteiger partial charge in [-0.15, -0.1) is 35.3 Å². The Hall–Kier alpha value is -1.72. The van der Waals surface area contributed by atoms with Crippen LogP contribution in [-0.4, -0.2) is 83.9 Å². The number of likely N-dealkylation sites (tertiary alicyclic amines) is 1. The number of carbonyl (C=O) groups excluding carboxylic acids is 1. The molecule has 0 spiro atoms. The van der Waals surface area contributed by atoms with Gasteiger partial charge in [-0.05, 0) is 19.8 Å². The van der Waals surface area contributed by atoms with Crippen LogP contribution in [0.1, 0.15) is 24.8 Å². The third kappa shape index (κ3) is 5.99. The first-order chi connectivity index (χ1) is 15.2. The predicted molar refractivity (Wildman–Crippen MR) is 142 cm³/mol. The van der Waals surface area contributed by atoms with Crippen molar-refractivity contribution < 1.29 is 4.79 Å². The summed E-state index contributed by atoms with van der Waals surface area (Å²) in [5.74, 6) is 1.18. The molecule has 0 saturated carbocycles. The highest BCUT2D eigenvalue weighted by molar-refractivity contribution is 14.0. The maximum atomic E-state index is 12.7. The van der Waals surface area contributed by atoms with Gasteiger partial charge < -0.3 is 15.1 Å². The van der Waals surface area contributed by atoms with E-state index in [0.717, 1.165) is 74.3 Å². The lowest BCUT2D eigenvalue weighted by molar-refractivity contribution is -0.135. The number of nitrogens with one attached hydrogen (secondary N) is 1. The number of guanidine groups is 1. The van der Waals surface area contributed by atoms with Gasteiger partial charge in [0.1, 0.15) is 5.01 Å². The van der Waals surface area contributed by atoms with Crippen molar-refractivity contribution in [1.29, 1.82) is 0 Å². The smallest absolute Gasteiger partial charge is 0.239 e. The number of aromatic nitrogens is 1. The summed E-state index contributed by atoms with van der Waals surface area (Å²) in [7, 11) is 1.82. The molecule has 1 N–H and O–H groups in total. The molecule has 1 aromatic heterocycles. The molecular weight excluding hydrogens is 535 g/mol. The van der Waals surface area contributed by atoms with Crippen LogP contribution in [0.3, 0.4) is 0 Å². The van der Waals surface area contributed by atoms with E-state index in [4.69, 9.17) is 4.98 Å². The van der Waals surface area contributed by atoms with Gasteiger partial charge in [0, 0.05) is 57.3 Å². The van der Waals surface area contributed by atoms with Crippen LogP contribution in [0.2, 0.25) is 0 Å².